The Bertz CT molecular complexity index is 789. The molecule has 0 unspecified atom stereocenters. The molecule has 25 heavy (non-hydrogen) atoms. The number of carbonyl (C=O) groups excluding carboxylic acids is 1. The van der Waals surface area contributed by atoms with E-state index in [9.17, 15) is 4.79 Å². The quantitative estimate of drug-likeness (QED) is 0.718. The van der Waals surface area contributed by atoms with Crippen LogP contribution in [0.25, 0.3) is 0 Å². The molecule has 1 aromatic heterocycles. The Morgan fingerprint density at radius 1 is 1.28 bits per heavy atom. The lowest BCUT2D eigenvalue weighted by Gasteiger charge is -2.16. The van der Waals surface area contributed by atoms with E-state index >= 15 is 0 Å². The van der Waals surface area contributed by atoms with Crippen molar-refractivity contribution in [3.8, 4) is 11.5 Å². The molecule has 1 aliphatic rings. The summed E-state index contributed by atoms with van der Waals surface area (Å²) in [4.78, 5) is 14.4. The molecule has 0 aliphatic carbocycles. The molecule has 1 saturated heterocycles. The summed E-state index contributed by atoms with van der Waals surface area (Å²) in [6.07, 6.45) is 2.14. The molecule has 132 valence electrons. The number of rotatable bonds is 6. The van der Waals surface area contributed by atoms with Crippen molar-refractivity contribution >= 4 is 34.2 Å². The molecule has 1 aromatic carbocycles. The van der Waals surface area contributed by atoms with Gasteiger partial charge < -0.3 is 13.9 Å². The van der Waals surface area contributed by atoms with Crippen LogP contribution in [0.2, 0.25) is 0 Å². The summed E-state index contributed by atoms with van der Waals surface area (Å²) in [5.74, 6) is 2.24. The molecule has 5 nitrogen and oxygen atoms in total. The molecule has 1 fully saturated rings. The summed E-state index contributed by atoms with van der Waals surface area (Å²) < 4.78 is 16.8. The monoisotopic (exact) mass is 377 g/mol. The number of nitrogens with zero attached hydrogens (tertiary/aromatic N) is 1. The third-order valence-corrected chi connectivity index (χ3v) is 5.75. The van der Waals surface area contributed by atoms with Crippen LogP contribution in [0.5, 0.6) is 11.5 Å². The van der Waals surface area contributed by atoms with E-state index in [1.54, 1.807) is 31.4 Å². The van der Waals surface area contributed by atoms with Crippen LogP contribution in [0.4, 0.5) is 0 Å². The van der Waals surface area contributed by atoms with Crippen LogP contribution in [0.3, 0.4) is 0 Å². The fourth-order valence-corrected chi connectivity index (χ4v) is 4.44. The van der Waals surface area contributed by atoms with Crippen LogP contribution < -0.4 is 9.47 Å². The summed E-state index contributed by atoms with van der Waals surface area (Å²) in [7, 11) is 3.26. The summed E-state index contributed by atoms with van der Waals surface area (Å²) >= 11 is 6.80. The largest absolute Gasteiger partial charge is 0.496 e. The highest BCUT2D eigenvalue weighted by molar-refractivity contribution is 8.24. The molecule has 3 rings (SSSR count). The van der Waals surface area contributed by atoms with Gasteiger partial charge in [-0.05, 0) is 37.1 Å². The van der Waals surface area contributed by atoms with Crippen molar-refractivity contribution in [2.75, 3.05) is 14.2 Å². The maximum Gasteiger partial charge on any atom is 0.242 e. The lowest BCUT2D eigenvalue weighted by Crippen LogP contribution is -2.31. The van der Waals surface area contributed by atoms with Crippen LogP contribution in [0, 0.1) is 6.92 Å². The first-order valence-corrected chi connectivity index (χ1v) is 9.08. The van der Waals surface area contributed by atoms with Gasteiger partial charge in [0.15, 0.2) is 0 Å². The van der Waals surface area contributed by atoms with E-state index in [0.29, 0.717) is 17.3 Å². The van der Waals surface area contributed by atoms with Gasteiger partial charge in [0.25, 0.3) is 0 Å². The van der Waals surface area contributed by atoms with Crippen molar-refractivity contribution in [1.82, 2.24) is 4.90 Å². The molecule has 2 aromatic rings. The van der Waals surface area contributed by atoms with Gasteiger partial charge in [-0.2, -0.15) is 0 Å². The van der Waals surface area contributed by atoms with Crippen molar-refractivity contribution in [2.24, 2.45) is 0 Å². The van der Waals surface area contributed by atoms with Crippen LogP contribution in [-0.2, 0) is 17.8 Å². The van der Waals surface area contributed by atoms with Gasteiger partial charge in [0.1, 0.15) is 21.6 Å². The zero-order valence-electron chi connectivity index (χ0n) is 14.3. The van der Waals surface area contributed by atoms with Gasteiger partial charge in [-0.1, -0.05) is 30.0 Å². The number of methoxy groups -OCH3 is 2. The highest BCUT2D eigenvalue weighted by Crippen LogP contribution is 2.36. The van der Waals surface area contributed by atoms with Gasteiger partial charge in [-0.25, -0.2) is 0 Å². The summed E-state index contributed by atoms with van der Waals surface area (Å²) in [5.41, 5.74) is 1.89. The minimum absolute atomic E-state index is 0.00178. The first-order valence-electron chi connectivity index (χ1n) is 7.80. The lowest BCUT2D eigenvalue weighted by atomic mass is 10.0. The van der Waals surface area contributed by atoms with E-state index < -0.39 is 0 Å². The van der Waals surface area contributed by atoms with E-state index in [-0.39, 0.29) is 11.2 Å². The Morgan fingerprint density at radius 3 is 2.72 bits per heavy atom. The molecule has 0 radical (unpaired) electrons. The Morgan fingerprint density at radius 2 is 2.08 bits per heavy atom. The number of hydrogen-bond donors (Lipinski definition) is 0. The molecule has 7 heteroatoms. The second kappa shape index (κ2) is 7.49. The van der Waals surface area contributed by atoms with Crippen molar-refractivity contribution < 1.29 is 18.7 Å². The van der Waals surface area contributed by atoms with Gasteiger partial charge in [0, 0.05) is 5.56 Å². The van der Waals surface area contributed by atoms with Crippen LogP contribution in [-0.4, -0.2) is 34.6 Å². The molecule has 2 heterocycles. The Kier molecular flexibility index (Phi) is 5.34. The number of hydrogen-bond acceptors (Lipinski definition) is 6. The molecule has 1 atom stereocenters. The molecule has 0 N–H and O–H groups in total. The molecular formula is C18H19NO4S2. The normalized spacial score (nSPS) is 17.2. The zero-order valence-corrected chi connectivity index (χ0v) is 15.9. The molecule has 0 spiro atoms. The van der Waals surface area contributed by atoms with E-state index in [0.717, 1.165) is 28.4 Å². The predicted molar refractivity (Wildman–Crippen MR) is 101 cm³/mol. The molecular weight excluding hydrogens is 358 g/mol. The van der Waals surface area contributed by atoms with Gasteiger partial charge >= 0.3 is 0 Å². The van der Waals surface area contributed by atoms with Gasteiger partial charge in [-0.3, -0.25) is 9.69 Å². The average molecular weight is 377 g/mol. The van der Waals surface area contributed by atoms with Crippen molar-refractivity contribution in [2.45, 2.75) is 25.1 Å². The standard InChI is InChI=1S/C18H19NO4S2/c1-11-14(21-2)7-6-12(16(11)22-3)9-15-17(20)19(18(24)25-15)10-13-5-4-8-23-13/h4-8,15H,9-10H2,1-3H3/t15-/m1/s1. The number of furan rings is 1. The average Bonchev–Trinajstić information content (AvgIpc) is 3.20. The Hall–Kier alpha value is -1.99. The zero-order chi connectivity index (χ0) is 18.0. The van der Waals surface area contributed by atoms with Crippen molar-refractivity contribution in [3.05, 3.63) is 47.4 Å². The molecule has 0 bridgehead atoms. The highest BCUT2D eigenvalue weighted by Gasteiger charge is 2.37. The highest BCUT2D eigenvalue weighted by atomic mass is 32.2. The smallest absolute Gasteiger partial charge is 0.242 e. The molecule has 1 amide bonds. The second-order valence-corrected chi connectivity index (χ2v) is 7.50. The number of amides is 1. The minimum atomic E-state index is -0.260. The number of thioether (sulfide) groups is 1. The second-order valence-electron chi connectivity index (χ2n) is 5.67. The summed E-state index contributed by atoms with van der Waals surface area (Å²) in [6, 6.07) is 7.48. The minimum Gasteiger partial charge on any atom is -0.496 e. The fraction of sp³-hybridized carbons (Fsp3) is 0.333. The van der Waals surface area contributed by atoms with Crippen LogP contribution in [0.1, 0.15) is 16.9 Å². The Balaban J connectivity index is 1.79. The van der Waals surface area contributed by atoms with E-state index in [1.165, 1.54) is 11.8 Å². The number of thiocarbonyl (C=S) groups is 1. The number of carbonyl (C=O) groups is 1. The van der Waals surface area contributed by atoms with Gasteiger partial charge in [0.05, 0.1) is 32.3 Å². The van der Waals surface area contributed by atoms with Crippen molar-refractivity contribution in [1.29, 1.82) is 0 Å². The number of benzene rings is 1. The van der Waals surface area contributed by atoms with E-state index in [2.05, 4.69) is 0 Å². The molecule has 0 saturated carbocycles. The van der Waals surface area contributed by atoms with E-state index in [4.69, 9.17) is 26.1 Å². The maximum absolute atomic E-state index is 12.8. The first-order chi connectivity index (χ1) is 12.0. The van der Waals surface area contributed by atoms with E-state index in [1.807, 2.05) is 25.1 Å². The molecule has 1 aliphatic heterocycles. The van der Waals surface area contributed by atoms with Crippen LogP contribution in [0.15, 0.2) is 34.9 Å². The third kappa shape index (κ3) is 3.52. The first kappa shape index (κ1) is 17.8. The fourth-order valence-electron chi connectivity index (χ4n) is 2.92. The van der Waals surface area contributed by atoms with Gasteiger partial charge in [-0.15, -0.1) is 0 Å². The summed E-state index contributed by atoms with van der Waals surface area (Å²) in [5, 5.41) is -0.260. The van der Waals surface area contributed by atoms with Crippen molar-refractivity contribution in [3.63, 3.8) is 0 Å². The van der Waals surface area contributed by atoms with Gasteiger partial charge in [0.2, 0.25) is 5.91 Å². The SMILES string of the molecule is COc1ccc(C[C@H]2SC(=S)N(Cc3ccco3)C2=O)c(OC)c1C. The lowest BCUT2D eigenvalue weighted by molar-refractivity contribution is -0.126. The van der Waals surface area contributed by atoms with Crippen LogP contribution >= 0.6 is 24.0 Å². The topological polar surface area (TPSA) is 51.9 Å². The maximum atomic E-state index is 12.8. The number of ether oxygens (including phenoxy) is 2. The predicted octanol–water partition coefficient (Wildman–Crippen LogP) is 3.58. The summed E-state index contributed by atoms with van der Waals surface area (Å²) in [6.45, 7) is 2.31. The Labute approximate surface area is 156 Å². The third-order valence-electron chi connectivity index (χ3n) is 4.17.